The van der Waals surface area contributed by atoms with Gasteiger partial charge in [-0.3, -0.25) is 0 Å². The summed E-state index contributed by atoms with van der Waals surface area (Å²) in [4.78, 5) is 4.43. The second kappa shape index (κ2) is 7.27. The zero-order valence-electron chi connectivity index (χ0n) is 10.9. The molecule has 0 radical (unpaired) electrons. The molecule has 2 rings (SSSR count). The Morgan fingerprint density at radius 1 is 1.11 bits per heavy atom. The zero-order chi connectivity index (χ0) is 12.6. The fraction of sp³-hybridized carbons (Fsp3) is 0.400. The van der Waals surface area contributed by atoms with Gasteiger partial charge in [0, 0.05) is 18.1 Å². The minimum Gasteiger partial charge on any atom is -0.370 e. The van der Waals surface area contributed by atoms with E-state index in [4.69, 9.17) is 0 Å². The van der Waals surface area contributed by atoms with Crippen LogP contribution in [0.1, 0.15) is 19.3 Å². The molecule has 2 nitrogen and oxygen atoms in total. The molecule has 0 unspecified atom stereocenters. The van der Waals surface area contributed by atoms with Crippen LogP contribution < -0.4 is 5.32 Å². The van der Waals surface area contributed by atoms with Gasteiger partial charge in [-0.1, -0.05) is 30.7 Å². The molecule has 2 aromatic rings. The van der Waals surface area contributed by atoms with Crippen molar-refractivity contribution in [2.45, 2.75) is 19.3 Å². The topological polar surface area (TPSA) is 24.9 Å². The maximum atomic E-state index is 4.43. The summed E-state index contributed by atoms with van der Waals surface area (Å²) < 4.78 is 0. The number of hydrogen-bond donors (Lipinski definition) is 1. The van der Waals surface area contributed by atoms with E-state index in [1.54, 1.807) is 0 Å². The Hall–Kier alpha value is -1.22. The van der Waals surface area contributed by atoms with E-state index >= 15 is 0 Å². The largest absolute Gasteiger partial charge is 0.370 e. The second-order valence-electron chi connectivity index (χ2n) is 4.36. The first-order valence-electron chi connectivity index (χ1n) is 6.48. The molecule has 0 fully saturated rings. The van der Waals surface area contributed by atoms with Crippen molar-refractivity contribution in [3.63, 3.8) is 0 Å². The van der Waals surface area contributed by atoms with Gasteiger partial charge < -0.3 is 5.32 Å². The minimum atomic E-state index is 1.01. The molecule has 1 aromatic carbocycles. The summed E-state index contributed by atoms with van der Waals surface area (Å²) in [5.41, 5.74) is 0. The van der Waals surface area contributed by atoms with E-state index in [1.165, 1.54) is 35.8 Å². The lowest BCUT2D eigenvalue weighted by Gasteiger charge is -2.08. The monoisotopic (exact) mass is 260 g/mol. The van der Waals surface area contributed by atoms with Gasteiger partial charge in [0.1, 0.15) is 5.82 Å². The Morgan fingerprint density at radius 2 is 2.00 bits per heavy atom. The van der Waals surface area contributed by atoms with Crippen molar-refractivity contribution in [1.82, 2.24) is 4.98 Å². The predicted octanol–water partition coefficient (Wildman–Crippen LogP) is 4.18. The van der Waals surface area contributed by atoms with Gasteiger partial charge >= 0.3 is 0 Å². The van der Waals surface area contributed by atoms with Crippen molar-refractivity contribution in [2.24, 2.45) is 0 Å². The molecule has 0 amide bonds. The third-order valence-corrected chi connectivity index (χ3v) is 3.69. The van der Waals surface area contributed by atoms with Crippen LogP contribution >= 0.6 is 11.8 Å². The predicted molar refractivity (Wildman–Crippen MR) is 82.5 cm³/mol. The summed E-state index contributed by atoms with van der Waals surface area (Å²) in [5.74, 6) is 2.28. The number of fused-ring (bicyclic) bond motifs is 1. The SMILES string of the molecule is CSCCCCCNc1nccc2ccccc12. The summed E-state index contributed by atoms with van der Waals surface area (Å²) in [6.07, 6.45) is 7.85. The Balaban J connectivity index is 1.88. The normalized spacial score (nSPS) is 10.7. The van der Waals surface area contributed by atoms with Crippen LogP contribution in [0.3, 0.4) is 0 Å². The number of unbranched alkanes of at least 4 members (excludes halogenated alkanes) is 2. The number of aromatic nitrogens is 1. The van der Waals surface area contributed by atoms with Gasteiger partial charge in [-0.2, -0.15) is 11.8 Å². The summed E-state index contributed by atoms with van der Waals surface area (Å²) in [7, 11) is 0. The van der Waals surface area contributed by atoms with Gasteiger partial charge in [0.05, 0.1) is 0 Å². The highest BCUT2D eigenvalue weighted by molar-refractivity contribution is 7.98. The molecule has 0 atom stereocenters. The molecule has 0 spiro atoms. The smallest absolute Gasteiger partial charge is 0.133 e. The van der Waals surface area contributed by atoms with E-state index in [-0.39, 0.29) is 0 Å². The van der Waals surface area contributed by atoms with Crippen LogP contribution in [0.5, 0.6) is 0 Å². The third-order valence-electron chi connectivity index (χ3n) is 2.99. The molecule has 1 N–H and O–H groups in total. The summed E-state index contributed by atoms with van der Waals surface area (Å²) in [6, 6.07) is 10.4. The van der Waals surface area contributed by atoms with Crippen LogP contribution in [-0.2, 0) is 0 Å². The molecule has 0 bridgehead atoms. The van der Waals surface area contributed by atoms with E-state index in [0.29, 0.717) is 0 Å². The van der Waals surface area contributed by atoms with E-state index in [9.17, 15) is 0 Å². The molecule has 1 heterocycles. The number of thioether (sulfide) groups is 1. The average Bonchev–Trinajstić information content (AvgIpc) is 2.43. The zero-order valence-corrected chi connectivity index (χ0v) is 11.7. The standard InChI is InChI=1S/C15H20N2S/c1-18-12-6-2-5-10-16-15-14-8-4-3-7-13(14)9-11-17-15/h3-4,7-9,11H,2,5-6,10,12H2,1H3,(H,16,17). The average molecular weight is 260 g/mol. The van der Waals surface area contributed by atoms with Gasteiger partial charge in [-0.25, -0.2) is 4.98 Å². The summed E-state index contributed by atoms with van der Waals surface area (Å²) in [5, 5.41) is 5.91. The van der Waals surface area contributed by atoms with Crippen LogP contribution in [0.4, 0.5) is 5.82 Å². The van der Waals surface area contributed by atoms with Crippen LogP contribution in [0.2, 0.25) is 0 Å². The molecular weight excluding hydrogens is 240 g/mol. The van der Waals surface area contributed by atoms with Crippen LogP contribution in [0.25, 0.3) is 10.8 Å². The number of pyridine rings is 1. The fourth-order valence-electron chi connectivity index (χ4n) is 2.02. The number of rotatable bonds is 7. The molecule has 0 aliphatic rings. The molecule has 0 saturated heterocycles. The number of anilines is 1. The highest BCUT2D eigenvalue weighted by atomic mass is 32.2. The number of benzene rings is 1. The lowest BCUT2D eigenvalue weighted by Crippen LogP contribution is -2.03. The van der Waals surface area contributed by atoms with Crippen LogP contribution in [0.15, 0.2) is 36.5 Å². The quantitative estimate of drug-likeness (QED) is 0.756. The lowest BCUT2D eigenvalue weighted by molar-refractivity contribution is 0.749. The fourth-order valence-corrected chi connectivity index (χ4v) is 2.51. The Morgan fingerprint density at radius 3 is 2.89 bits per heavy atom. The van der Waals surface area contributed by atoms with E-state index in [0.717, 1.165) is 12.4 Å². The number of nitrogens with zero attached hydrogens (tertiary/aromatic N) is 1. The minimum absolute atomic E-state index is 1.01. The van der Waals surface area contributed by atoms with Crippen molar-refractivity contribution in [2.75, 3.05) is 23.9 Å². The molecule has 0 saturated carbocycles. The second-order valence-corrected chi connectivity index (χ2v) is 5.35. The van der Waals surface area contributed by atoms with Gasteiger partial charge in [-0.15, -0.1) is 0 Å². The summed E-state index contributed by atoms with van der Waals surface area (Å²) >= 11 is 1.93. The van der Waals surface area contributed by atoms with E-state index < -0.39 is 0 Å². The number of nitrogens with one attached hydrogen (secondary N) is 1. The van der Waals surface area contributed by atoms with Gasteiger partial charge in [0.25, 0.3) is 0 Å². The summed E-state index contributed by atoms with van der Waals surface area (Å²) in [6.45, 7) is 1.01. The van der Waals surface area contributed by atoms with Crippen molar-refractivity contribution >= 4 is 28.4 Å². The Bertz CT molecular complexity index is 479. The molecule has 1 aromatic heterocycles. The highest BCUT2D eigenvalue weighted by Crippen LogP contribution is 2.20. The van der Waals surface area contributed by atoms with Gasteiger partial charge in [0.15, 0.2) is 0 Å². The first-order valence-corrected chi connectivity index (χ1v) is 7.88. The van der Waals surface area contributed by atoms with Crippen molar-refractivity contribution < 1.29 is 0 Å². The molecule has 18 heavy (non-hydrogen) atoms. The molecule has 3 heteroatoms. The van der Waals surface area contributed by atoms with Crippen molar-refractivity contribution in [3.8, 4) is 0 Å². The highest BCUT2D eigenvalue weighted by Gasteiger charge is 2.00. The third kappa shape index (κ3) is 3.64. The van der Waals surface area contributed by atoms with Crippen molar-refractivity contribution in [1.29, 1.82) is 0 Å². The van der Waals surface area contributed by atoms with Crippen LogP contribution in [0, 0.1) is 0 Å². The molecule has 0 aliphatic heterocycles. The Kier molecular flexibility index (Phi) is 5.34. The van der Waals surface area contributed by atoms with E-state index in [2.05, 4.69) is 46.9 Å². The van der Waals surface area contributed by atoms with Crippen molar-refractivity contribution in [3.05, 3.63) is 36.5 Å². The molecule has 96 valence electrons. The molecular formula is C15H20N2S. The Labute approximate surface area is 113 Å². The van der Waals surface area contributed by atoms with Gasteiger partial charge in [0.2, 0.25) is 0 Å². The van der Waals surface area contributed by atoms with E-state index in [1.807, 2.05) is 18.0 Å². The first-order chi connectivity index (χ1) is 8.92. The maximum Gasteiger partial charge on any atom is 0.133 e. The van der Waals surface area contributed by atoms with Crippen LogP contribution in [-0.4, -0.2) is 23.5 Å². The first kappa shape index (κ1) is 13.2. The maximum absolute atomic E-state index is 4.43. The number of hydrogen-bond acceptors (Lipinski definition) is 3. The van der Waals surface area contributed by atoms with Gasteiger partial charge in [-0.05, 0) is 36.3 Å². The lowest BCUT2D eigenvalue weighted by atomic mass is 10.1. The molecule has 0 aliphatic carbocycles.